The quantitative estimate of drug-likeness (QED) is 0.553. The predicted molar refractivity (Wildman–Crippen MR) is 99.2 cm³/mol. The minimum atomic E-state index is -0.182. The monoisotopic (exact) mass is 414 g/mol. The van der Waals surface area contributed by atoms with Gasteiger partial charge in [-0.3, -0.25) is 4.79 Å². The second-order valence-electron chi connectivity index (χ2n) is 5.20. The highest BCUT2D eigenvalue weighted by atomic mass is 79.9. The Balaban J connectivity index is 1.48. The van der Waals surface area contributed by atoms with Crippen molar-refractivity contribution < 1.29 is 4.79 Å². The second-order valence-corrected chi connectivity index (χ2v) is 6.97. The fourth-order valence-electron chi connectivity index (χ4n) is 2.36. The molecule has 0 saturated heterocycles. The molecule has 1 N–H and O–H groups in total. The number of carbonyl (C=O) groups is 1. The van der Waals surface area contributed by atoms with Crippen molar-refractivity contribution in [2.75, 3.05) is 5.32 Å². The number of amides is 1. The summed E-state index contributed by atoms with van der Waals surface area (Å²) in [6, 6.07) is 7.86. The fraction of sp³-hybridized carbons (Fsp3) is 0.0625. The van der Waals surface area contributed by atoms with Crippen LogP contribution >= 0.6 is 27.3 Å². The number of imidazole rings is 1. The highest BCUT2D eigenvalue weighted by Crippen LogP contribution is 2.26. The predicted octanol–water partition coefficient (Wildman–Crippen LogP) is 3.35. The van der Waals surface area contributed by atoms with Gasteiger partial charge in [0.15, 0.2) is 10.8 Å². The first kappa shape index (κ1) is 15.9. The number of benzene rings is 1. The Morgan fingerprint density at radius 3 is 3.12 bits per heavy atom. The number of hydrogen-bond donors (Lipinski definition) is 1. The minimum absolute atomic E-state index is 0.121. The average molecular weight is 415 g/mol. The van der Waals surface area contributed by atoms with Gasteiger partial charge in [0.2, 0.25) is 5.91 Å². The number of aromatic nitrogens is 5. The normalized spacial score (nSPS) is 10.9. The first-order valence-corrected chi connectivity index (χ1v) is 8.98. The first-order valence-electron chi connectivity index (χ1n) is 7.31. The Labute approximate surface area is 154 Å². The number of rotatable bonds is 4. The Bertz CT molecular complexity index is 1060. The zero-order valence-corrected chi connectivity index (χ0v) is 15.2. The molecule has 1 amide bonds. The Hall–Kier alpha value is -2.65. The van der Waals surface area contributed by atoms with Crippen LogP contribution in [0.5, 0.6) is 0 Å². The number of halogens is 1. The van der Waals surface area contributed by atoms with Crippen LogP contribution in [0, 0.1) is 0 Å². The van der Waals surface area contributed by atoms with Gasteiger partial charge in [0.25, 0.3) is 0 Å². The van der Waals surface area contributed by atoms with Crippen LogP contribution in [0.2, 0.25) is 0 Å². The lowest BCUT2D eigenvalue weighted by molar-refractivity contribution is -0.116. The van der Waals surface area contributed by atoms with E-state index in [1.54, 1.807) is 17.1 Å². The molecular weight excluding hydrogens is 404 g/mol. The number of nitrogens with zero attached hydrogens (tertiary/aromatic N) is 5. The zero-order chi connectivity index (χ0) is 17.2. The maximum absolute atomic E-state index is 12.3. The van der Waals surface area contributed by atoms with E-state index in [2.05, 4.69) is 41.2 Å². The molecule has 124 valence electrons. The SMILES string of the molecule is O=C(Cn1cnc2ncncc21)Nc1nc(-c2cccc(Br)c2)cs1. The summed E-state index contributed by atoms with van der Waals surface area (Å²) in [4.78, 5) is 28.9. The summed E-state index contributed by atoms with van der Waals surface area (Å²) in [5.74, 6) is -0.182. The summed E-state index contributed by atoms with van der Waals surface area (Å²) in [7, 11) is 0. The largest absolute Gasteiger partial charge is 0.318 e. The number of nitrogens with one attached hydrogen (secondary N) is 1. The average Bonchev–Trinajstić information content (AvgIpc) is 3.23. The van der Waals surface area contributed by atoms with Gasteiger partial charge in [0.05, 0.1) is 18.2 Å². The molecule has 0 spiro atoms. The third kappa shape index (κ3) is 3.42. The first-order chi connectivity index (χ1) is 12.2. The molecule has 25 heavy (non-hydrogen) atoms. The molecule has 0 atom stereocenters. The summed E-state index contributed by atoms with van der Waals surface area (Å²) >= 11 is 4.83. The van der Waals surface area contributed by atoms with Crippen LogP contribution in [0.1, 0.15) is 0 Å². The molecular formula is C16H11BrN6OS. The van der Waals surface area contributed by atoms with Crippen molar-refractivity contribution in [1.82, 2.24) is 24.5 Å². The standard InChI is InChI=1S/C16H11BrN6OS/c17-11-3-1-2-10(4-11)12-7-25-16(21-12)22-14(24)6-23-9-20-15-13(23)5-18-8-19-15/h1-5,7-9H,6H2,(H,21,22,24). The van der Waals surface area contributed by atoms with Crippen LogP contribution < -0.4 is 5.32 Å². The van der Waals surface area contributed by atoms with Crippen LogP contribution in [-0.4, -0.2) is 30.4 Å². The molecule has 9 heteroatoms. The third-order valence-corrected chi connectivity index (χ3v) is 4.74. The zero-order valence-electron chi connectivity index (χ0n) is 12.8. The van der Waals surface area contributed by atoms with Gasteiger partial charge in [-0.15, -0.1) is 11.3 Å². The lowest BCUT2D eigenvalue weighted by atomic mass is 10.2. The minimum Gasteiger partial charge on any atom is -0.318 e. The smallest absolute Gasteiger partial charge is 0.246 e. The second kappa shape index (κ2) is 6.69. The van der Waals surface area contributed by atoms with Crippen molar-refractivity contribution in [1.29, 1.82) is 0 Å². The van der Waals surface area contributed by atoms with E-state index in [0.717, 1.165) is 15.7 Å². The van der Waals surface area contributed by atoms with Gasteiger partial charge in [-0.1, -0.05) is 28.1 Å². The van der Waals surface area contributed by atoms with Crippen LogP contribution in [-0.2, 0) is 11.3 Å². The highest BCUT2D eigenvalue weighted by Gasteiger charge is 2.11. The van der Waals surface area contributed by atoms with Crippen molar-refractivity contribution >= 4 is 49.5 Å². The lowest BCUT2D eigenvalue weighted by Gasteiger charge is -2.03. The van der Waals surface area contributed by atoms with E-state index in [9.17, 15) is 4.79 Å². The number of fused-ring (bicyclic) bond motifs is 1. The van der Waals surface area contributed by atoms with Crippen molar-refractivity contribution in [2.24, 2.45) is 0 Å². The highest BCUT2D eigenvalue weighted by molar-refractivity contribution is 9.10. The van der Waals surface area contributed by atoms with Crippen LogP contribution in [0.4, 0.5) is 5.13 Å². The third-order valence-electron chi connectivity index (χ3n) is 3.49. The van der Waals surface area contributed by atoms with Gasteiger partial charge in [0.1, 0.15) is 18.4 Å². The van der Waals surface area contributed by atoms with E-state index in [1.807, 2.05) is 29.6 Å². The van der Waals surface area contributed by atoms with Crippen LogP contribution in [0.3, 0.4) is 0 Å². The van der Waals surface area contributed by atoms with E-state index in [4.69, 9.17) is 0 Å². The Morgan fingerprint density at radius 1 is 1.32 bits per heavy atom. The summed E-state index contributed by atoms with van der Waals surface area (Å²) < 4.78 is 2.69. The van der Waals surface area contributed by atoms with Gasteiger partial charge < -0.3 is 9.88 Å². The molecule has 0 bridgehead atoms. The van der Waals surface area contributed by atoms with Gasteiger partial charge in [-0.2, -0.15) is 0 Å². The van der Waals surface area contributed by atoms with Crippen LogP contribution in [0.15, 0.2) is 53.0 Å². The molecule has 0 unspecified atom stereocenters. The van der Waals surface area contributed by atoms with E-state index >= 15 is 0 Å². The lowest BCUT2D eigenvalue weighted by Crippen LogP contribution is -2.18. The molecule has 7 nitrogen and oxygen atoms in total. The van der Waals surface area contributed by atoms with E-state index in [-0.39, 0.29) is 12.5 Å². The molecule has 0 aliphatic carbocycles. The topological polar surface area (TPSA) is 85.6 Å². The summed E-state index contributed by atoms with van der Waals surface area (Å²) in [6.45, 7) is 0.121. The van der Waals surface area contributed by atoms with Crippen LogP contribution in [0.25, 0.3) is 22.4 Å². The number of carbonyl (C=O) groups excluding carboxylic acids is 1. The number of thiazole rings is 1. The molecule has 0 fully saturated rings. The van der Waals surface area contributed by atoms with Crippen molar-refractivity contribution in [3.63, 3.8) is 0 Å². The summed E-state index contributed by atoms with van der Waals surface area (Å²) in [6.07, 6.45) is 4.64. The fourth-order valence-corrected chi connectivity index (χ4v) is 3.49. The van der Waals surface area contributed by atoms with Gasteiger partial charge in [-0.25, -0.2) is 19.9 Å². The molecule has 0 radical (unpaired) electrons. The van der Waals surface area contributed by atoms with Crippen molar-refractivity contribution in [3.8, 4) is 11.3 Å². The molecule has 0 aliphatic rings. The molecule has 3 heterocycles. The van der Waals surface area contributed by atoms with Gasteiger partial charge in [-0.05, 0) is 12.1 Å². The van der Waals surface area contributed by atoms with Crippen molar-refractivity contribution in [2.45, 2.75) is 6.54 Å². The van der Waals surface area contributed by atoms with E-state index in [1.165, 1.54) is 17.7 Å². The maximum Gasteiger partial charge on any atom is 0.246 e. The molecule has 0 aliphatic heterocycles. The van der Waals surface area contributed by atoms with Crippen molar-refractivity contribution in [3.05, 3.63) is 53.0 Å². The summed E-state index contributed by atoms with van der Waals surface area (Å²) in [5, 5.41) is 5.29. The van der Waals surface area contributed by atoms with Gasteiger partial charge in [0, 0.05) is 15.4 Å². The molecule has 1 aromatic carbocycles. The Morgan fingerprint density at radius 2 is 2.24 bits per heavy atom. The molecule has 4 rings (SSSR count). The molecule has 0 saturated carbocycles. The van der Waals surface area contributed by atoms with Gasteiger partial charge >= 0.3 is 0 Å². The Kier molecular flexibility index (Phi) is 4.24. The molecule has 4 aromatic rings. The van der Waals surface area contributed by atoms with E-state index < -0.39 is 0 Å². The number of hydrogen-bond acceptors (Lipinski definition) is 6. The molecule has 3 aromatic heterocycles. The summed E-state index contributed by atoms with van der Waals surface area (Å²) in [5.41, 5.74) is 3.09. The maximum atomic E-state index is 12.3. The number of anilines is 1. The van der Waals surface area contributed by atoms with E-state index in [0.29, 0.717) is 16.3 Å².